The monoisotopic (exact) mass is 264 g/mol. The van der Waals surface area contributed by atoms with E-state index in [2.05, 4.69) is 6.92 Å². The van der Waals surface area contributed by atoms with Gasteiger partial charge in [-0.25, -0.2) is 0 Å². The fourth-order valence-corrected chi connectivity index (χ4v) is 1.17. The lowest BCUT2D eigenvalue weighted by molar-refractivity contribution is 0.111. The standard InChI is InChI=1S/C7H17NO2.C6H15NO/c1-2-9-5-3-4-6-10-7-8;1-2-3-4-5-8-6-7/h2-8H2,1H3;2-7H2,1H3. The van der Waals surface area contributed by atoms with Gasteiger partial charge in [0.15, 0.2) is 0 Å². The van der Waals surface area contributed by atoms with Crippen LogP contribution >= 0.6 is 0 Å². The van der Waals surface area contributed by atoms with Crippen LogP contribution in [0.3, 0.4) is 0 Å². The van der Waals surface area contributed by atoms with Crippen molar-refractivity contribution in [1.29, 1.82) is 0 Å². The van der Waals surface area contributed by atoms with Crippen LogP contribution in [0, 0.1) is 0 Å². The van der Waals surface area contributed by atoms with Crippen molar-refractivity contribution in [2.45, 2.75) is 46.0 Å². The highest BCUT2D eigenvalue weighted by atomic mass is 16.5. The third-order valence-electron chi connectivity index (χ3n) is 2.16. The van der Waals surface area contributed by atoms with Crippen LogP contribution < -0.4 is 11.5 Å². The largest absolute Gasteiger partial charge is 0.382 e. The summed E-state index contributed by atoms with van der Waals surface area (Å²) in [5.74, 6) is 0. The van der Waals surface area contributed by atoms with E-state index in [1.807, 2.05) is 6.92 Å². The molecular weight excluding hydrogens is 232 g/mol. The van der Waals surface area contributed by atoms with E-state index in [9.17, 15) is 0 Å². The van der Waals surface area contributed by atoms with Crippen LogP contribution in [0.1, 0.15) is 46.0 Å². The second-order valence-corrected chi connectivity index (χ2v) is 3.76. The van der Waals surface area contributed by atoms with E-state index in [4.69, 9.17) is 25.7 Å². The summed E-state index contributed by atoms with van der Waals surface area (Å²) in [6.45, 7) is 8.08. The molecule has 0 spiro atoms. The molecule has 0 aliphatic carbocycles. The van der Waals surface area contributed by atoms with Crippen molar-refractivity contribution in [3.8, 4) is 0 Å². The van der Waals surface area contributed by atoms with Crippen LogP contribution in [0.4, 0.5) is 0 Å². The molecule has 0 rings (SSSR count). The lowest BCUT2D eigenvalue weighted by Crippen LogP contribution is -2.06. The summed E-state index contributed by atoms with van der Waals surface area (Å²) in [6.07, 6.45) is 5.74. The van der Waals surface area contributed by atoms with Crippen LogP contribution in [0.25, 0.3) is 0 Å². The Kier molecular flexibility index (Phi) is 24.6. The first-order valence-electron chi connectivity index (χ1n) is 6.96. The van der Waals surface area contributed by atoms with E-state index >= 15 is 0 Å². The van der Waals surface area contributed by atoms with Crippen molar-refractivity contribution in [2.75, 3.05) is 39.9 Å². The topological polar surface area (TPSA) is 79.7 Å². The van der Waals surface area contributed by atoms with Crippen molar-refractivity contribution in [3.05, 3.63) is 0 Å². The number of ether oxygens (including phenoxy) is 3. The molecule has 0 aliphatic rings. The molecule has 0 saturated heterocycles. The van der Waals surface area contributed by atoms with Gasteiger partial charge in [-0.05, 0) is 26.2 Å². The third kappa shape index (κ3) is 24.9. The highest BCUT2D eigenvalue weighted by Gasteiger charge is 1.87. The zero-order chi connectivity index (χ0) is 13.9. The van der Waals surface area contributed by atoms with E-state index in [-0.39, 0.29) is 0 Å². The molecule has 0 saturated carbocycles. The minimum Gasteiger partial charge on any atom is -0.382 e. The van der Waals surface area contributed by atoms with Crippen LogP contribution in [-0.2, 0) is 14.2 Å². The van der Waals surface area contributed by atoms with Crippen molar-refractivity contribution in [3.63, 3.8) is 0 Å². The summed E-state index contributed by atoms with van der Waals surface area (Å²) < 4.78 is 15.0. The molecule has 112 valence electrons. The molecule has 0 fully saturated rings. The van der Waals surface area contributed by atoms with Gasteiger partial charge in [0.25, 0.3) is 0 Å². The normalized spacial score (nSPS) is 10.0. The molecule has 0 radical (unpaired) electrons. The van der Waals surface area contributed by atoms with Crippen molar-refractivity contribution >= 4 is 0 Å². The fourth-order valence-electron chi connectivity index (χ4n) is 1.17. The zero-order valence-corrected chi connectivity index (χ0v) is 12.2. The Bertz CT molecular complexity index is 113. The van der Waals surface area contributed by atoms with Crippen LogP contribution in [0.15, 0.2) is 0 Å². The Labute approximate surface area is 112 Å². The first kappa shape index (κ1) is 20.1. The summed E-state index contributed by atoms with van der Waals surface area (Å²) in [7, 11) is 0. The van der Waals surface area contributed by atoms with E-state index in [0.29, 0.717) is 13.5 Å². The van der Waals surface area contributed by atoms with E-state index in [1.54, 1.807) is 0 Å². The summed E-state index contributed by atoms with van der Waals surface area (Å²) >= 11 is 0. The van der Waals surface area contributed by atoms with Gasteiger partial charge >= 0.3 is 0 Å². The highest BCUT2D eigenvalue weighted by molar-refractivity contribution is 4.36. The molecule has 0 unspecified atom stereocenters. The maximum Gasteiger partial charge on any atom is 0.0940 e. The Morgan fingerprint density at radius 1 is 0.667 bits per heavy atom. The molecule has 0 aromatic carbocycles. The molecule has 4 N–H and O–H groups in total. The lowest BCUT2D eigenvalue weighted by atomic mass is 10.3. The Hall–Kier alpha value is -0.200. The average molecular weight is 264 g/mol. The van der Waals surface area contributed by atoms with E-state index in [0.717, 1.165) is 45.7 Å². The third-order valence-corrected chi connectivity index (χ3v) is 2.16. The molecule has 0 bridgehead atoms. The fraction of sp³-hybridized carbons (Fsp3) is 1.00. The number of nitrogens with two attached hydrogens (primary N) is 2. The van der Waals surface area contributed by atoms with Gasteiger partial charge in [0.05, 0.1) is 13.5 Å². The molecule has 5 nitrogen and oxygen atoms in total. The van der Waals surface area contributed by atoms with Crippen molar-refractivity contribution in [1.82, 2.24) is 0 Å². The van der Waals surface area contributed by atoms with E-state index in [1.165, 1.54) is 12.8 Å². The van der Waals surface area contributed by atoms with Gasteiger partial charge in [0, 0.05) is 26.4 Å². The maximum absolute atomic E-state index is 5.13. The van der Waals surface area contributed by atoms with Gasteiger partial charge in [-0.2, -0.15) is 0 Å². The summed E-state index contributed by atoms with van der Waals surface area (Å²) in [5, 5.41) is 0. The van der Waals surface area contributed by atoms with E-state index < -0.39 is 0 Å². The Morgan fingerprint density at radius 2 is 1.11 bits per heavy atom. The predicted molar refractivity (Wildman–Crippen MR) is 75.3 cm³/mol. The summed E-state index contributed by atoms with van der Waals surface area (Å²) in [6, 6.07) is 0. The molecule has 18 heavy (non-hydrogen) atoms. The quantitative estimate of drug-likeness (QED) is 0.415. The van der Waals surface area contributed by atoms with Crippen molar-refractivity contribution < 1.29 is 14.2 Å². The van der Waals surface area contributed by atoms with Gasteiger partial charge in [0.1, 0.15) is 0 Å². The summed E-state index contributed by atoms with van der Waals surface area (Å²) in [5.41, 5.74) is 10.2. The second kappa shape index (κ2) is 22.0. The molecular formula is C13H32N2O3. The molecule has 5 heteroatoms. The van der Waals surface area contributed by atoms with Gasteiger partial charge in [-0.3, -0.25) is 0 Å². The van der Waals surface area contributed by atoms with Crippen LogP contribution in [0.2, 0.25) is 0 Å². The highest BCUT2D eigenvalue weighted by Crippen LogP contribution is 1.92. The number of hydrogen-bond donors (Lipinski definition) is 2. The maximum atomic E-state index is 5.13. The SMILES string of the molecule is CCCCCOCN.CCOCCCCOCN. The van der Waals surface area contributed by atoms with Crippen molar-refractivity contribution in [2.24, 2.45) is 11.5 Å². The minimum atomic E-state index is 0.328. The second-order valence-electron chi connectivity index (χ2n) is 3.76. The molecule has 0 aliphatic heterocycles. The number of rotatable bonds is 12. The molecule has 0 aromatic rings. The first-order chi connectivity index (χ1) is 8.83. The Balaban J connectivity index is 0. The zero-order valence-electron chi connectivity index (χ0n) is 12.2. The smallest absolute Gasteiger partial charge is 0.0940 e. The van der Waals surface area contributed by atoms with Gasteiger partial charge < -0.3 is 25.7 Å². The van der Waals surface area contributed by atoms with Crippen LogP contribution in [-0.4, -0.2) is 39.9 Å². The number of hydrogen-bond acceptors (Lipinski definition) is 5. The first-order valence-corrected chi connectivity index (χ1v) is 6.96. The van der Waals surface area contributed by atoms with Gasteiger partial charge in [0.2, 0.25) is 0 Å². The van der Waals surface area contributed by atoms with Crippen LogP contribution in [0.5, 0.6) is 0 Å². The van der Waals surface area contributed by atoms with Gasteiger partial charge in [-0.1, -0.05) is 19.8 Å². The minimum absolute atomic E-state index is 0.328. The Morgan fingerprint density at radius 3 is 1.50 bits per heavy atom. The summed E-state index contributed by atoms with van der Waals surface area (Å²) in [4.78, 5) is 0. The molecule has 0 atom stereocenters. The average Bonchev–Trinajstić information content (AvgIpc) is 2.40. The predicted octanol–water partition coefficient (Wildman–Crippen LogP) is 1.85. The number of unbranched alkanes of at least 4 members (excludes halogenated alkanes) is 3. The molecule has 0 heterocycles. The van der Waals surface area contributed by atoms with Gasteiger partial charge in [-0.15, -0.1) is 0 Å². The lowest BCUT2D eigenvalue weighted by Gasteiger charge is -2.00. The molecule has 0 amide bonds. The molecule has 0 aromatic heterocycles.